The first-order chi connectivity index (χ1) is 6.18. The highest BCUT2D eigenvalue weighted by molar-refractivity contribution is 7.92. The molecular weight excluding hydrogens is 221 g/mol. The smallest absolute Gasteiger partial charge is 0.223 e. The maximum Gasteiger partial charge on any atom is 0.509 e. The van der Waals surface area contributed by atoms with E-state index in [1.54, 1.807) is 0 Å². The van der Waals surface area contributed by atoms with Crippen molar-refractivity contribution in [2.24, 2.45) is 14.1 Å². The second-order valence-electron chi connectivity index (χ2n) is 2.75. The van der Waals surface area contributed by atoms with Gasteiger partial charge in [-0.2, -0.15) is 13.2 Å². The average molecular weight is 229 g/mol. The molecule has 0 N–H and O–H groups in total. The standard InChI is InChI=1S/C6H8F3N2O2S/c1-10-3-4-11(2)5(10)14(12,13)6(7,8)9/h3-4H,1-2H3/q+1. The van der Waals surface area contributed by atoms with E-state index in [-0.39, 0.29) is 0 Å². The van der Waals surface area contributed by atoms with Crippen molar-refractivity contribution in [2.75, 3.05) is 0 Å². The quantitative estimate of drug-likeness (QED) is 0.643. The molecule has 0 saturated heterocycles. The third kappa shape index (κ3) is 1.49. The zero-order chi connectivity index (χ0) is 11.1. The third-order valence-corrected chi connectivity index (χ3v) is 3.33. The summed E-state index contributed by atoms with van der Waals surface area (Å²) in [6.45, 7) is 0. The van der Waals surface area contributed by atoms with Gasteiger partial charge in [0.25, 0.3) is 0 Å². The summed E-state index contributed by atoms with van der Waals surface area (Å²) < 4.78 is 60.2. The van der Waals surface area contributed by atoms with E-state index < -0.39 is 20.5 Å². The maximum atomic E-state index is 12.1. The highest BCUT2D eigenvalue weighted by Crippen LogP contribution is 2.27. The van der Waals surface area contributed by atoms with Crippen molar-refractivity contribution in [3.8, 4) is 0 Å². The minimum absolute atomic E-state index is 0.787. The number of rotatable bonds is 1. The summed E-state index contributed by atoms with van der Waals surface area (Å²) in [7, 11) is -2.80. The molecule has 0 unspecified atom stereocenters. The number of aryl methyl sites for hydroxylation is 2. The van der Waals surface area contributed by atoms with Crippen LogP contribution in [-0.2, 0) is 23.9 Å². The molecule has 0 aliphatic heterocycles. The third-order valence-electron chi connectivity index (χ3n) is 1.66. The molecule has 1 rings (SSSR count). The Kier molecular flexibility index (Phi) is 2.34. The molecule has 0 aliphatic carbocycles. The summed E-state index contributed by atoms with van der Waals surface area (Å²) in [5, 5.41) is -0.787. The monoisotopic (exact) mass is 229 g/mol. The van der Waals surface area contributed by atoms with Gasteiger partial charge in [0.15, 0.2) is 0 Å². The number of sulfone groups is 1. The zero-order valence-corrected chi connectivity index (χ0v) is 8.22. The predicted molar refractivity (Wildman–Crippen MR) is 39.8 cm³/mol. The Hall–Kier alpha value is -1.05. The van der Waals surface area contributed by atoms with Crippen LogP contribution in [0, 0.1) is 0 Å². The molecule has 0 fully saturated rings. The molecule has 0 bridgehead atoms. The Morgan fingerprint density at radius 2 is 1.93 bits per heavy atom. The molecule has 8 heteroatoms. The van der Waals surface area contributed by atoms with Gasteiger partial charge in [0.2, 0.25) is 0 Å². The zero-order valence-electron chi connectivity index (χ0n) is 7.41. The number of hydrogen-bond donors (Lipinski definition) is 0. The van der Waals surface area contributed by atoms with Gasteiger partial charge < -0.3 is 0 Å². The van der Waals surface area contributed by atoms with Gasteiger partial charge in [-0.1, -0.05) is 0 Å². The van der Waals surface area contributed by atoms with Crippen LogP contribution in [0.3, 0.4) is 0 Å². The first kappa shape index (κ1) is 11.0. The van der Waals surface area contributed by atoms with Crippen molar-refractivity contribution in [1.82, 2.24) is 4.57 Å². The lowest BCUT2D eigenvalue weighted by Crippen LogP contribution is -2.39. The molecule has 0 atom stereocenters. The Labute approximate surface area is 78.5 Å². The average Bonchev–Trinajstić information content (AvgIpc) is 2.28. The van der Waals surface area contributed by atoms with Crippen LogP contribution in [0.1, 0.15) is 0 Å². The molecular formula is C6H8F3N2O2S+. The lowest BCUT2D eigenvalue weighted by molar-refractivity contribution is -0.710. The Balaban J connectivity index is 3.46. The van der Waals surface area contributed by atoms with Gasteiger partial charge in [-0.05, 0) is 0 Å². The largest absolute Gasteiger partial charge is 0.509 e. The summed E-state index contributed by atoms with van der Waals surface area (Å²) >= 11 is 0. The van der Waals surface area contributed by atoms with Crippen LogP contribution < -0.4 is 4.57 Å². The van der Waals surface area contributed by atoms with Crippen molar-refractivity contribution in [1.29, 1.82) is 0 Å². The molecule has 80 valence electrons. The molecule has 0 aromatic carbocycles. The molecule has 4 nitrogen and oxygen atoms in total. The van der Waals surface area contributed by atoms with Gasteiger partial charge >= 0.3 is 20.5 Å². The van der Waals surface area contributed by atoms with Crippen LogP contribution in [0.4, 0.5) is 13.2 Å². The lowest BCUT2D eigenvalue weighted by Gasteiger charge is -2.04. The molecule has 1 aromatic heterocycles. The van der Waals surface area contributed by atoms with Gasteiger partial charge in [-0.15, -0.1) is 0 Å². The number of nitrogens with zero attached hydrogens (tertiary/aromatic N) is 2. The molecule has 14 heavy (non-hydrogen) atoms. The second-order valence-corrected chi connectivity index (χ2v) is 4.59. The SMILES string of the molecule is Cn1cc[n+](C)c1S(=O)(=O)C(F)(F)F. The van der Waals surface area contributed by atoms with Crippen LogP contribution in [0.15, 0.2) is 17.6 Å². The number of alkyl halides is 3. The van der Waals surface area contributed by atoms with Gasteiger partial charge in [0.05, 0.1) is 14.1 Å². The van der Waals surface area contributed by atoms with E-state index >= 15 is 0 Å². The summed E-state index contributed by atoms with van der Waals surface area (Å²) in [6, 6.07) is 0. The van der Waals surface area contributed by atoms with Crippen LogP contribution in [0.2, 0.25) is 0 Å². The molecule has 0 saturated carbocycles. The molecule has 0 aliphatic rings. The molecule has 1 heterocycles. The van der Waals surface area contributed by atoms with E-state index in [0.717, 1.165) is 9.13 Å². The van der Waals surface area contributed by atoms with Crippen molar-refractivity contribution in [2.45, 2.75) is 10.7 Å². The van der Waals surface area contributed by atoms with Crippen molar-refractivity contribution in [3.63, 3.8) is 0 Å². The minimum Gasteiger partial charge on any atom is -0.223 e. The summed E-state index contributed by atoms with van der Waals surface area (Å²) in [4.78, 5) is 0. The van der Waals surface area contributed by atoms with Gasteiger partial charge in [0, 0.05) is 0 Å². The predicted octanol–water partition coefficient (Wildman–Crippen LogP) is 0.143. The number of imidazole rings is 1. The number of hydrogen-bond acceptors (Lipinski definition) is 2. The van der Waals surface area contributed by atoms with Gasteiger partial charge in [-0.3, -0.25) is 0 Å². The van der Waals surface area contributed by atoms with E-state index in [1.165, 1.54) is 26.5 Å². The van der Waals surface area contributed by atoms with Crippen LogP contribution >= 0.6 is 0 Å². The fraction of sp³-hybridized carbons (Fsp3) is 0.500. The first-order valence-electron chi connectivity index (χ1n) is 3.50. The van der Waals surface area contributed by atoms with Crippen LogP contribution in [0.5, 0.6) is 0 Å². The fourth-order valence-electron chi connectivity index (χ4n) is 1.06. The molecule has 0 spiro atoms. The van der Waals surface area contributed by atoms with E-state index in [1.807, 2.05) is 0 Å². The van der Waals surface area contributed by atoms with Crippen LogP contribution in [0.25, 0.3) is 0 Å². The summed E-state index contributed by atoms with van der Waals surface area (Å²) in [5.41, 5.74) is -5.27. The van der Waals surface area contributed by atoms with Crippen LogP contribution in [-0.4, -0.2) is 18.5 Å². The van der Waals surface area contributed by atoms with Crippen molar-refractivity contribution in [3.05, 3.63) is 12.4 Å². The van der Waals surface area contributed by atoms with Gasteiger partial charge in [-0.25, -0.2) is 17.6 Å². The highest BCUT2D eigenvalue weighted by Gasteiger charge is 2.53. The fourth-order valence-corrected chi connectivity index (χ4v) is 2.15. The summed E-state index contributed by atoms with van der Waals surface area (Å²) in [6.07, 6.45) is 2.47. The van der Waals surface area contributed by atoms with E-state index in [9.17, 15) is 21.6 Å². The van der Waals surface area contributed by atoms with E-state index in [2.05, 4.69) is 0 Å². The Morgan fingerprint density at radius 3 is 2.21 bits per heavy atom. The summed E-state index contributed by atoms with van der Waals surface area (Å²) in [5.74, 6) is 0. The number of aromatic nitrogens is 2. The molecule has 0 radical (unpaired) electrons. The second kappa shape index (κ2) is 2.97. The Bertz CT molecular complexity index is 427. The van der Waals surface area contributed by atoms with E-state index in [0.29, 0.717) is 0 Å². The number of halogens is 3. The van der Waals surface area contributed by atoms with Gasteiger partial charge in [0.1, 0.15) is 12.4 Å². The highest BCUT2D eigenvalue weighted by atomic mass is 32.2. The first-order valence-corrected chi connectivity index (χ1v) is 4.98. The Morgan fingerprint density at radius 1 is 1.43 bits per heavy atom. The lowest BCUT2D eigenvalue weighted by atomic mass is 10.9. The maximum absolute atomic E-state index is 12.1. The minimum atomic E-state index is -5.27. The normalized spacial score (nSPS) is 13.2. The topological polar surface area (TPSA) is 43.0 Å². The van der Waals surface area contributed by atoms with Crippen molar-refractivity contribution < 1.29 is 26.2 Å². The molecule has 1 aromatic rings. The molecule has 0 amide bonds. The van der Waals surface area contributed by atoms with E-state index in [4.69, 9.17) is 0 Å². The van der Waals surface area contributed by atoms with Crippen molar-refractivity contribution >= 4 is 9.84 Å².